The minimum atomic E-state index is -4.53. The largest absolute Gasteiger partial charge is 0.433 e. The molecule has 0 radical (unpaired) electrons. The first-order valence-electron chi connectivity index (χ1n) is 4.66. The normalized spacial score (nSPS) is 13.9. The van der Waals surface area contributed by atoms with Gasteiger partial charge in [-0.25, -0.2) is 4.99 Å². The molecule has 0 aliphatic heterocycles. The fourth-order valence-corrected chi connectivity index (χ4v) is 1.20. The van der Waals surface area contributed by atoms with Crippen LogP contribution in [-0.2, 0) is 0 Å². The van der Waals surface area contributed by atoms with Crippen molar-refractivity contribution in [1.82, 2.24) is 0 Å². The van der Waals surface area contributed by atoms with Gasteiger partial charge in [-0.15, -0.1) is 0 Å². The molecule has 0 bridgehead atoms. The Labute approximate surface area is 105 Å². The molecule has 0 saturated heterocycles. The molecule has 0 atom stereocenters. The monoisotopic (exact) mass is 306 g/mol. The summed E-state index contributed by atoms with van der Waals surface area (Å²) in [5.74, 6) is 0. The lowest BCUT2D eigenvalue weighted by Crippen LogP contribution is -2.22. The summed E-state index contributed by atoms with van der Waals surface area (Å²) in [7, 11) is 0. The fourth-order valence-electron chi connectivity index (χ4n) is 1.03. The molecule has 0 aliphatic carbocycles. The Morgan fingerprint density at radius 2 is 1.88 bits per heavy atom. The minimum Gasteiger partial charge on any atom is -0.401 e. The minimum absolute atomic E-state index is 0.0667. The molecule has 0 spiro atoms. The van der Waals surface area contributed by atoms with Crippen LogP contribution in [0, 0.1) is 0 Å². The van der Waals surface area contributed by atoms with Crippen LogP contribution in [-0.4, -0.2) is 17.2 Å². The predicted octanol–water partition coefficient (Wildman–Crippen LogP) is 3.56. The Hall–Kier alpha value is -1.30. The molecule has 1 rings (SSSR count). The van der Waals surface area contributed by atoms with E-state index in [4.69, 9.17) is 5.73 Å². The van der Waals surface area contributed by atoms with E-state index in [1.165, 1.54) is 12.1 Å². The molecule has 17 heavy (non-hydrogen) atoms. The van der Waals surface area contributed by atoms with Crippen molar-refractivity contribution in [3.63, 3.8) is 0 Å². The molecular formula is C11H10BrF3N2. The summed E-state index contributed by atoms with van der Waals surface area (Å²) < 4.78 is 38.0. The average Bonchev–Trinajstić information content (AvgIpc) is 2.28. The van der Waals surface area contributed by atoms with Gasteiger partial charge in [-0.1, -0.05) is 34.1 Å². The number of halogens is 4. The van der Waals surface area contributed by atoms with Gasteiger partial charge in [0.1, 0.15) is 5.71 Å². The summed E-state index contributed by atoms with van der Waals surface area (Å²) in [5, 5.41) is 0.164. The van der Waals surface area contributed by atoms with E-state index in [1.807, 2.05) is 0 Å². The lowest BCUT2D eigenvalue weighted by atomic mass is 10.2. The van der Waals surface area contributed by atoms with Gasteiger partial charge >= 0.3 is 6.18 Å². The summed E-state index contributed by atoms with van der Waals surface area (Å²) in [6.07, 6.45) is -3.70. The Morgan fingerprint density at radius 3 is 2.35 bits per heavy atom. The summed E-state index contributed by atoms with van der Waals surface area (Å²) in [5.41, 5.74) is 4.65. The van der Waals surface area contributed by atoms with E-state index >= 15 is 0 Å². The number of para-hydroxylation sites is 1. The number of allylic oxidation sites excluding steroid dienone is 2. The third kappa shape index (κ3) is 4.60. The lowest BCUT2D eigenvalue weighted by molar-refractivity contribution is -0.0576. The van der Waals surface area contributed by atoms with Crippen LogP contribution in [0.5, 0.6) is 0 Å². The van der Waals surface area contributed by atoms with E-state index in [1.54, 1.807) is 18.2 Å². The summed E-state index contributed by atoms with van der Waals surface area (Å²) >= 11 is 2.98. The van der Waals surface area contributed by atoms with Gasteiger partial charge in [0.05, 0.1) is 5.69 Å². The zero-order valence-corrected chi connectivity index (χ0v) is 10.3. The molecule has 2 nitrogen and oxygen atoms in total. The molecule has 0 saturated carbocycles. The van der Waals surface area contributed by atoms with Gasteiger partial charge in [0.2, 0.25) is 0 Å². The first kappa shape index (κ1) is 13.8. The highest BCUT2D eigenvalue weighted by molar-refractivity contribution is 9.09. The van der Waals surface area contributed by atoms with Crippen molar-refractivity contribution < 1.29 is 13.2 Å². The molecule has 6 heteroatoms. The molecule has 0 heterocycles. The Balaban J connectivity index is 3.12. The van der Waals surface area contributed by atoms with Crippen LogP contribution < -0.4 is 5.73 Å². The van der Waals surface area contributed by atoms with Crippen molar-refractivity contribution in [3.05, 3.63) is 42.1 Å². The van der Waals surface area contributed by atoms with E-state index in [0.717, 1.165) is 6.08 Å². The van der Waals surface area contributed by atoms with E-state index < -0.39 is 11.9 Å². The van der Waals surface area contributed by atoms with Crippen LogP contribution >= 0.6 is 15.9 Å². The van der Waals surface area contributed by atoms with Gasteiger partial charge in [0.15, 0.2) is 0 Å². The van der Waals surface area contributed by atoms with E-state index in [0.29, 0.717) is 0 Å². The van der Waals surface area contributed by atoms with Gasteiger partial charge in [0, 0.05) is 11.0 Å². The quantitative estimate of drug-likeness (QED) is 0.673. The highest BCUT2D eigenvalue weighted by atomic mass is 79.9. The Bertz CT molecular complexity index is 424. The number of benzene rings is 1. The molecule has 0 amide bonds. The maximum Gasteiger partial charge on any atom is 0.433 e. The van der Waals surface area contributed by atoms with Crippen molar-refractivity contribution in [2.75, 3.05) is 5.33 Å². The van der Waals surface area contributed by atoms with Crippen LogP contribution in [0.2, 0.25) is 0 Å². The van der Waals surface area contributed by atoms with E-state index in [2.05, 4.69) is 20.9 Å². The van der Waals surface area contributed by atoms with Crippen LogP contribution in [0.1, 0.15) is 0 Å². The molecule has 0 fully saturated rings. The second kappa shape index (κ2) is 5.86. The molecule has 0 aliphatic rings. The third-order valence-corrected chi connectivity index (χ3v) is 2.42. The third-order valence-electron chi connectivity index (χ3n) is 1.77. The summed E-state index contributed by atoms with van der Waals surface area (Å²) in [6, 6.07) is 7.91. The SMILES string of the molecule is NC(=CC(=Nc1ccccc1)C(F)(F)F)CBr. The smallest absolute Gasteiger partial charge is 0.401 e. The molecule has 1 aromatic carbocycles. The van der Waals surface area contributed by atoms with E-state index in [-0.39, 0.29) is 16.7 Å². The van der Waals surface area contributed by atoms with Crippen LogP contribution in [0.3, 0.4) is 0 Å². The van der Waals surface area contributed by atoms with Gasteiger partial charge in [0.25, 0.3) is 0 Å². The van der Waals surface area contributed by atoms with Crippen molar-refractivity contribution in [2.24, 2.45) is 10.7 Å². The maximum absolute atomic E-state index is 12.7. The lowest BCUT2D eigenvalue weighted by Gasteiger charge is -2.07. The van der Waals surface area contributed by atoms with E-state index in [9.17, 15) is 13.2 Å². The van der Waals surface area contributed by atoms with Crippen LogP contribution in [0.4, 0.5) is 18.9 Å². The maximum atomic E-state index is 12.7. The second-order valence-electron chi connectivity index (χ2n) is 3.18. The first-order chi connectivity index (χ1) is 7.93. The zero-order chi connectivity index (χ0) is 12.9. The fraction of sp³-hybridized carbons (Fsp3) is 0.182. The van der Waals surface area contributed by atoms with Crippen LogP contribution in [0.15, 0.2) is 47.1 Å². The van der Waals surface area contributed by atoms with Gasteiger partial charge in [-0.05, 0) is 18.2 Å². The van der Waals surface area contributed by atoms with Gasteiger partial charge in [-0.2, -0.15) is 13.2 Å². The number of hydrogen-bond donors (Lipinski definition) is 1. The van der Waals surface area contributed by atoms with Crippen molar-refractivity contribution in [3.8, 4) is 0 Å². The molecule has 0 unspecified atom stereocenters. The number of nitrogens with two attached hydrogens (primary N) is 1. The number of nitrogens with zero attached hydrogens (tertiary/aromatic N) is 1. The average molecular weight is 307 g/mol. The van der Waals surface area contributed by atoms with Gasteiger partial charge < -0.3 is 5.73 Å². The van der Waals surface area contributed by atoms with Crippen LogP contribution in [0.25, 0.3) is 0 Å². The number of alkyl halides is 4. The van der Waals surface area contributed by atoms with Crippen molar-refractivity contribution in [1.29, 1.82) is 0 Å². The highest BCUT2D eigenvalue weighted by Gasteiger charge is 2.34. The molecule has 92 valence electrons. The standard InChI is InChI=1S/C11H10BrF3N2/c12-7-8(16)6-10(11(13,14)15)17-9-4-2-1-3-5-9/h1-6H,7,16H2. The molecule has 0 aromatic heterocycles. The van der Waals surface area contributed by atoms with Crippen molar-refractivity contribution in [2.45, 2.75) is 6.18 Å². The topological polar surface area (TPSA) is 38.4 Å². The van der Waals surface area contributed by atoms with Crippen molar-refractivity contribution >= 4 is 27.3 Å². The zero-order valence-electron chi connectivity index (χ0n) is 8.71. The molecule has 1 aromatic rings. The Kier molecular flexibility index (Phi) is 4.74. The number of hydrogen-bond acceptors (Lipinski definition) is 2. The molecular weight excluding hydrogens is 297 g/mol. The summed E-state index contributed by atoms with van der Waals surface area (Å²) in [6.45, 7) is 0. The second-order valence-corrected chi connectivity index (χ2v) is 3.74. The summed E-state index contributed by atoms with van der Waals surface area (Å²) in [4.78, 5) is 3.53. The highest BCUT2D eigenvalue weighted by Crippen LogP contribution is 2.22. The number of rotatable bonds is 3. The first-order valence-corrected chi connectivity index (χ1v) is 5.78. The predicted molar refractivity (Wildman–Crippen MR) is 65.7 cm³/mol. The molecule has 2 N–H and O–H groups in total. The van der Waals surface area contributed by atoms with Gasteiger partial charge in [-0.3, -0.25) is 0 Å². The Morgan fingerprint density at radius 1 is 1.29 bits per heavy atom. The number of aliphatic imine (C=N–C) groups is 1.